The van der Waals surface area contributed by atoms with Gasteiger partial charge in [0.2, 0.25) is 0 Å². The van der Waals surface area contributed by atoms with E-state index in [-0.39, 0.29) is 4.44 Å². The maximum absolute atomic E-state index is 13.9. The fourth-order valence-corrected chi connectivity index (χ4v) is 16.9. The van der Waals surface area contributed by atoms with E-state index in [1.54, 1.807) is 0 Å². The summed E-state index contributed by atoms with van der Waals surface area (Å²) in [4.78, 5) is 41.6. The molecule has 0 aliphatic heterocycles. The molecule has 0 N–H and O–H groups in total. The number of hydrogen-bond acceptors (Lipinski definition) is 9. The molecule has 0 aliphatic rings. The monoisotopic (exact) mass is 1050 g/mol. The Bertz CT molecular complexity index is 923. The molecular formula is C53H104O6S3Sn. The average Bonchev–Trinajstić information content (AvgIpc) is 3.27. The molecule has 6 nitrogen and oxygen atoms in total. The maximum atomic E-state index is 13.9. The van der Waals surface area contributed by atoms with E-state index >= 15 is 0 Å². The third-order valence-corrected chi connectivity index (χ3v) is 21.2. The number of rotatable bonds is 49. The van der Waals surface area contributed by atoms with Crippen LogP contribution in [0.4, 0.5) is 0 Å². The molecule has 374 valence electrons. The summed E-state index contributed by atoms with van der Waals surface area (Å²) in [6.07, 6.45) is 48.1. The van der Waals surface area contributed by atoms with Crippen molar-refractivity contribution in [3.05, 3.63) is 0 Å². The van der Waals surface area contributed by atoms with Crippen LogP contribution in [-0.2, 0) is 23.6 Å². The average molecular weight is 1050 g/mol. The van der Waals surface area contributed by atoms with Gasteiger partial charge in [-0.3, -0.25) is 0 Å². The van der Waals surface area contributed by atoms with E-state index in [0.29, 0.717) is 25.7 Å². The zero-order chi connectivity index (χ0) is 46.5. The minimum Gasteiger partial charge on any atom is -0.0654 e. The molecule has 0 amide bonds. The van der Waals surface area contributed by atoms with Gasteiger partial charge in [-0.2, -0.15) is 0 Å². The summed E-state index contributed by atoms with van der Waals surface area (Å²) in [5.41, 5.74) is 0. The Morgan fingerprint density at radius 1 is 0.302 bits per heavy atom. The molecule has 63 heavy (non-hydrogen) atoms. The van der Waals surface area contributed by atoms with E-state index < -0.39 is 53.3 Å². The summed E-state index contributed by atoms with van der Waals surface area (Å²) < 4.78 is 19.1. The van der Waals surface area contributed by atoms with Crippen LogP contribution in [0.2, 0.25) is 4.44 Å². The molecule has 0 aromatic rings. The van der Waals surface area contributed by atoms with Crippen LogP contribution in [0.15, 0.2) is 0 Å². The molecule has 0 bridgehead atoms. The van der Waals surface area contributed by atoms with Crippen molar-refractivity contribution in [2.45, 2.75) is 318 Å². The van der Waals surface area contributed by atoms with Gasteiger partial charge < -0.3 is 0 Å². The molecule has 0 spiro atoms. The van der Waals surface area contributed by atoms with Gasteiger partial charge in [0.15, 0.2) is 0 Å². The molecule has 3 unspecified atom stereocenters. The van der Waals surface area contributed by atoms with E-state index in [4.69, 9.17) is 47.1 Å². The quantitative estimate of drug-likeness (QED) is 0.0320. The van der Waals surface area contributed by atoms with Gasteiger partial charge in [-0.05, 0) is 0 Å². The van der Waals surface area contributed by atoms with E-state index in [2.05, 4.69) is 27.7 Å². The minimum atomic E-state index is -5.21. The molecule has 0 rings (SSSR count). The first-order chi connectivity index (χ1) is 30.7. The van der Waals surface area contributed by atoms with Crippen molar-refractivity contribution in [2.24, 2.45) is 0 Å². The Morgan fingerprint density at radius 2 is 0.476 bits per heavy atom. The number of hydrogen-bond donors (Lipinski definition) is 3. The molecule has 0 aliphatic carbocycles. The molecule has 0 heterocycles. The van der Waals surface area contributed by atoms with Gasteiger partial charge >= 0.3 is 338 Å². The summed E-state index contributed by atoms with van der Waals surface area (Å²) in [5.74, 6) is -1.60. The Balaban J connectivity index is 5.55. The molecule has 3 atom stereocenters. The minimum absolute atomic E-state index is 0.279. The van der Waals surface area contributed by atoms with Crippen LogP contribution in [0.1, 0.15) is 297 Å². The molecule has 0 aromatic heterocycles. The second-order valence-corrected chi connectivity index (χ2v) is 27.9. The normalized spacial score (nSPS) is 14.0. The van der Waals surface area contributed by atoms with Gasteiger partial charge in [0.05, 0.1) is 0 Å². The standard InChI is InChI=1S/3C15H30O2S.C8H17.Sn/c3*1-2-3-4-5-6-7-8-9-10-11-12-13-14(18)15(16)17;1-3-5-7-8-6-4-2;/h3*14,18H,2-13H2,1H3,(H,16,17);1,3-8H2,2H3;/q;;;;+3/p-3. The second kappa shape index (κ2) is 47.3. The predicted octanol–water partition coefficient (Wildman–Crippen LogP) is 17.9. The van der Waals surface area contributed by atoms with Crippen LogP contribution in [0.3, 0.4) is 0 Å². The van der Waals surface area contributed by atoms with Crippen LogP contribution in [0, 0.1) is 0 Å². The SMILES string of the molecule is CCCCCCCCCCCCCC(S)C(=O)[O][Sn]([CH2]CCCCCCC)([O]C(=O)C(S)CCCCCCCCCCCCC)[O]C(=O)C(S)CCCCCCCCCCCCC. The smallest absolute Gasteiger partial charge is 0.0654 e. The van der Waals surface area contributed by atoms with Crippen molar-refractivity contribution in [3.8, 4) is 0 Å². The molecular weight excluding hydrogens is 947 g/mol. The van der Waals surface area contributed by atoms with Crippen molar-refractivity contribution in [1.82, 2.24) is 0 Å². The van der Waals surface area contributed by atoms with Crippen molar-refractivity contribution in [1.29, 1.82) is 0 Å². The van der Waals surface area contributed by atoms with Gasteiger partial charge in [0.25, 0.3) is 0 Å². The number of carbonyl (C=O) groups is 3. The molecule has 10 heteroatoms. The molecule has 0 saturated carbocycles. The Kier molecular flexibility index (Phi) is 47.5. The summed E-state index contributed by atoms with van der Waals surface area (Å²) in [5, 5.41) is -2.02. The van der Waals surface area contributed by atoms with Crippen LogP contribution in [0.25, 0.3) is 0 Å². The van der Waals surface area contributed by atoms with Crippen LogP contribution < -0.4 is 0 Å². The Labute approximate surface area is 413 Å². The van der Waals surface area contributed by atoms with E-state index in [0.717, 1.165) is 89.9 Å². The van der Waals surface area contributed by atoms with Gasteiger partial charge in [-0.1, -0.05) is 78.6 Å². The van der Waals surface area contributed by atoms with Gasteiger partial charge in [-0.25, -0.2) is 0 Å². The Hall–Kier alpha value is 0.259. The zero-order valence-electron chi connectivity index (χ0n) is 41.9. The van der Waals surface area contributed by atoms with Crippen LogP contribution in [0.5, 0.6) is 0 Å². The zero-order valence-corrected chi connectivity index (χ0v) is 47.5. The number of carbonyl (C=O) groups excluding carboxylic acids is 3. The first kappa shape index (κ1) is 63.3. The first-order valence-corrected chi connectivity index (χ1v) is 34.4. The van der Waals surface area contributed by atoms with Crippen LogP contribution in [-0.4, -0.2) is 53.3 Å². The van der Waals surface area contributed by atoms with E-state index in [9.17, 15) is 14.4 Å². The van der Waals surface area contributed by atoms with E-state index in [1.165, 1.54) is 154 Å². The second-order valence-electron chi connectivity index (χ2n) is 19.0. The summed E-state index contributed by atoms with van der Waals surface area (Å²) in [6.45, 7) is 8.96. The Morgan fingerprint density at radius 3 is 0.683 bits per heavy atom. The van der Waals surface area contributed by atoms with Crippen LogP contribution >= 0.6 is 37.9 Å². The number of thiol groups is 3. The third-order valence-electron chi connectivity index (χ3n) is 12.7. The molecule has 0 aromatic carbocycles. The molecule has 0 saturated heterocycles. The predicted molar refractivity (Wildman–Crippen MR) is 284 cm³/mol. The van der Waals surface area contributed by atoms with Gasteiger partial charge in [0.1, 0.15) is 0 Å². The third kappa shape index (κ3) is 39.9. The van der Waals surface area contributed by atoms with E-state index in [1.807, 2.05) is 0 Å². The van der Waals surface area contributed by atoms with Gasteiger partial charge in [-0.15, -0.1) is 0 Å². The van der Waals surface area contributed by atoms with Crippen molar-refractivity contribution >= 4 is 75.4 Å². The van der Waals surface area contributed by atoms with Crippen molar-refractivity contribution < 1.29 is 23.6 Å². The fourth-order valence-electron chi connectivity index (χ4n) is 8.36. The first-order valence-electron chi connectivity index (χ1n) is 27.4. The fraction of sp³-hybridized carbons (Fsp3) is 0.943. The summed E-state index contributed by atoms with van der Waals surface area (Å²) in [7, 11) is 0. The summed E-state index contributed by atoms with van der Waals surface area (Å²) >= 11 is 8.91. The molecule has 0 radical (unpaired) electrons. The van der Waals surface area contributed by atoms with Crippen molar-refractivity contribution in [3.63, 3.8) is 0 Å². The molecule has 0 fully saturated rings. The van der Waals surface area contributed by atoms with Crippen molar-refractivity contribution in [2.75, 3.05) is 0 Å². The van der Waals surface area contributed by atoms with Gasteiger partial charge in [0, 0.05) is 0 Å². The number of unbranched alkanes of at least 4 members (excludes halogenated alkanes) is 35. The topological polar surface area (TPSA) is 78.9 Å². The summed E-state index contributed by atoms with van der Waals surface area (Å²) in [6, 6.07) is 0.